The summed E-state index contributed by atoms with van der Waals surface area (Å²) < 4.78 is 9.33. The van der Waals surface area contributed by atoms with Crippen molar-refractivity contribution in [3.63, 3.8) is 0 Å². The molecule has 19 heavy (non-hydrogen) atoms. The fraction of sp³-hybridized carbons (Fsp3) is 0.200. The highest BCUT2D eigenvalue weighted by Crippen LogP contribution is 2.14. The van der Waals surface area contributed by atoms with Gasteiger partial charge in [0.15, 0.2) is 0 Å². The molecule has 0 aliphatic rings. The van der Waals surface area contributed by atoms with E-state index in [0.717, 1.165) is 17.9 Å². The van der Waals surface area contributed by atoms with Gasteiger partial charge >= 0.3 is 5.78 Å². The summed E-state index contributed by atoms with van der Waals surface area (Å²) in [5, 5.41) is 0. The van der Waals surface area contributed by atoms with Gasteiger partial charge in [0.05, 0.1) is 20.4 Å². The Hall–Kier alpha value is -2.36. The average Bonchev–Trinajstić information content (AvgIpc) is 2.77. The van der Waals surface area contributed by atoms with E-state index in [1.165, 1.54) is 11.3 Å². The molecule has 0 amide bonds. The fourth-order valence-corrected chi connectivity index (χ4v) is 2.28. The maximum atomic E-state index is 5.17. The van der Waals surface area contributed by atoms with Crippen LogP contribution >= 0.6 is 0 Å². The van der Waals surface area contributed by atoms with Gasteiger partial charge in [-0.2, -0.15) is 0 Å². The number of ether oxygens (including phenoxy) is 1. The third-order valence-electron chi connectivity index (χ3n) is 3.24. The minimum Gasteiger partial charge on any atom is -0.497 e. The van der Waals surface area contributed by atoms with E-state index in [0.29, 0.717) is 0 Å². The van der Waals surface area contributed by atoms with Crippen LogP contribution in [0.3, 0.4) is 0 Å². The molecule has 0 radical (unpaired) electrons. The predicted molar refractivity (Wildman–Crippen MR) is 72.2 cm³/mol. The molecule has 4 heteroatoms. The molecular formula is C15H16N3O+. The molecule has 0 N–H and O–H groups in total. The van der Waals surface area contributed by atoms with Crippen LogP contribution in [-0.4, -0.2) is 16.5 Å². The first-order valence-corrected chi connectivity index (χ1v) is 6.21. The van der Waals surface area contributed by atoms with Gasteiger partial charge in [-0.1, -0.05) is 17.1 Å². The van der Waals surface area contributed by atoms with Crippen molar-refractivity contribution in [2.45, 2.75) is 6.42 Å². The van der Waals surface area contributed by atoms with Gasteiger partial charge in [-0.3, -0.25) is 0 Å². The average molecular weight is 254 g/mol. The van der Waals surface area contributed by atoms with Gasteiger partial charge in [0.25, 0.3) is 0 Å². The number of aryl methyl sites for hydroxylation is 1. The molecule has 0 bridgehead atoms. The Morgan fingerprint density at radius 1 is 1.26 bits per heavy atom. The first-order chi connectivity index (χ1) is 9.28. The van der Waals surface area contributed by atoms with Crippen LogP contribution in [0.1, 0.15) is 11.3 Å². The van der Waals surface area contributed by atoms with Crippen molar-refractivity contribution in [3.8, 4) is 5.75 Å². The minimum absolute atomic E-state index is 0.873. The number of rotatable bonds is 3. The van der Waals surface area contributed by atoms with Crippen molar-refractivity contribution < 1.29 is 9.30 Å². The second-order valence-corrected chi connectivity index (χ2v) is 4.55. The lowest BCUT2D eigenvalue weighted by Crippen LogP contribution is -2.26. The van der Waals surface area contributed by atoms with Gasteiger partial charge in [0.2, 0.25) is 0 Å². The van der Waals surface area contributed by atoms with Crippen LogP contribution in [0.25, 0.3) is 5.78 Å². The molecule has 0 saturated heterocycles. The second kappa shape index (κ2) is 4.72. The first kappa shape index (κ1) is 11.7. The number of fused-ring (bicyclic) bond motifs is 1. The van der Waals surface area contributed by atoms with E-state index in [4.69, 9.17) is 4.74 Å². The summed E-state index contributed by atoms with van der Waals surface area (Å²) in [6.07, 6.45) is 6.85. The van der Waals surface area contributed by atoms with E-state index < -0.39 is 0 Å². The third kappa shape index (κ3) is 2.17. The van der Waals surface area contributed by atoms with Crippen molar-refractivity contribution >= 4 is 5.78 Å². The van der Waals surface area contributed by atoms with E-state index in [2.05, 4.69) is 27.7 Å². The normalized spacial score (nSPS) is 10.8. The smallest absolute Gasteiger partial charge is 0.403 e. The Morgan fingerprint density at radius 2 is 2.05 bits per heavy atom. The van der Waals surface area contributed by atoms with Gasteiger partial charge in [0, 0.05) is 12.5 Å². The van der Waals surface area contributed by atoms with Crippen molar-refractivity contribution in [1.29, 1.82) is 0 Å². The molecule has 0 spiro atoms. The lowest BCUT2D eigenvalue weighted by atomic mass is 10.1. The number of nitrogens with zero attached hydrogens (tertiary/aromatic N) is 3. The zero-order valence-electron chi connectivity index (χ0n) is 11.1. The summed E-state index contributed by atoms with van der Waals surface area (Å²) in [6, 6.07) is 10.1. The van der Waals surface area contributed by atoms with Crippen LogP contribution < -0.4 is 9.30 Å². The SMILES string of the molecule is COc1ccc(Cc2c[n+](C)c3ncccn23)cc1. The standard InChI is InChI=1S/C15H16N3O/c1-17-11-13(18-9-3-8-16-15(17)18)10-12-4-6-14(19-2)7-5-12/h3-9,11H,10H2,1-2H3/q+1. The number of aromatic nitrogens is 3. The molecule has 0 aliphatic heterocycles. The number of imidazole rings is 1. The molecule has 96 valence electrons. The number of hydrogen-bond acceptors (Lipinski definition) is 2. The number of benzene rings is 1. The fourth-order valence-electron chi connectivity index (χ4n) is 2.28. The molecule has 3 aromatic rings. The van der Waals surface area contributed by atoms with Crippen LogP contribution in [0.4, 0.5) is 0 Å². The molecule has 0 atom stereocenters. The number of methoxy groups -OCH3 is 1. The van der Waals surface area contributed by atoms with Crippen LogP contribution in [0.2, 0.25) is 0 Å². The van der Waals surface area contributed by atoms with Crippen LogP contribution in [-0.2, 0) is 13.5 Å². The number of hydrogen-bond donors (Lipinski definition) is 0. The quantitative estimate of drug-likeness (QED) is 0.667. The van der Waals surface area contributed by atoms with E-state index in [1.54, 1.807) is 7.11 Å². The second-order valence-electron chi connectivity index (χ2n) is 4.55. The van der Waals surface area contributed by atoms with Gasteiger partial charge < -0.3 is 4.74 Å². The molecule has 0 unspecified atom stereocenters. The molecular weight excluding hydrogens is 238 g/mol. The molecule has 1 aromatic carbocycles. The lowest BCUT2D eigenvalue weighted by Gasteiger charge is -2.01. The van der Waals surface area contributed by atoms with E-state index in [1.807, 2.05) is 42.2 Å². The summed E-state index contributed by atoms with van der Waals surface area (Å²) in [5.74, 6) is 1.84. The van der Waals surface area contributed by atoms with E-state index in [9.17, 15) is 0 Å². The topological polar surface area (TPSA) is 30.4 Å². The monoisotopic (exact) mass is 254 g/mol. The molecule has 2 heterocycles. The Morgan fingerprint density at radius 3 is 2.79 bits per heavy atom. The van der Waals surface area contributed by atoms with Gasteiger partial charge in [-0.25, -0.2) is 8.97 Å². The third-order valence-corrected chi connectivity index (χ3v) is 3.24. The van der Waals surface area contributed by atoms with Crippen molar-refractivity contribution in [3.05, 3.63) is 60.2 Å². The Bertz CT molecular complexity index is 701. The van der Waals surface area contributed by atoms with Crippen LogP contribution in [0.5, 0.6) is 5.75 Å². The predicted octanol–water partition coefficient (Wildman–Crippen LogP) is 1.76. The first-order valence-electron chi connectivity index (χ1n) is 6.21. The van der Waals surface area contributed by atoms with Crippen molar-refractivity contribution in [1.82, 2.24) is 9.38 Å². The highest BCUT2D eigenvalue weighted by Gasteiger charge is 2.13. The van der Waals surface area contributed by atoms with E-state index >= 15 is 0 Å². The maximum Gasteiger partial charge on any atom is 0.403 e. The minimum atomic E-state index is 0.873. The highest BCUT2D eigenvalue weighted by molar-refractivity contribution is 5.31. The molecule has 0 fully saturated rings. The lowest BCUT2D eigenvalue weighted by molar-refractivity contribution is -0.646. The van der Waals surface area contributed by atoms with Gasteiger partial charge in [-0.15, -0.1) is 0 Å². The van der Waals surface area contributed by atoms with E-state index in [-0.39, 0.29) is 0 Å². The zero-order valence-corrected chi connectivity index (χ0v) is 11.1. The van der Waals surface area contributed by atoms with Crippen LogP contribution in [0.15, 0.2) is 48.9 Å². The maximum absolute atomic E-state index is 5.17. The van der Waals surface area contributed by atoms with Crippen molar-refractivity contribution in [2.24, 2.45) is 7.05 Å². The molecule has 3 rings (SSSR count). The summed E-state index contributed by atoms with van der Waals surface area (Å²) in [4.78, 5) is 4.38. The van der Waals surface area contributed by atoms with Gasteiger partial charge in [0.1, 0.15) is 23.8 Å². The van der Waals surface area contributed by atoms with Crippen LogP contribution in [0, 0.1) is 0 Å². The summed E-state index contributed by atoms with van der Waals surface area (Å²) in [7, 11) is 3.70. The summed E-state index contributed by atoms with van der Waals surface area (Å²) >= 11 is 0. The van der Waals surface area contributed by atoms with Gasteiger partial charge in [-0.05, 0) is 17.7 Å². The summed E-state index contributed by atoms with van der Waals surface area (Å²) in [6.45, 7) is 0. The molecule has 4 nitrogen and oxygen atoms in total. The Kier molecular flexibility index (Phi) is 2.91. The largest absolute Gasteiger partial charge is 0.497 e. The van der Waals surface area contributed by atoms with Crippen molar-refractivity contribution in [2.75, 3.05) is 7.11 Å². The Balaban J connectivity index is 1.96. The Labute approximate surface area is 111 Å². The molecule has 2 aromatic heterocycles. The molecule has 0 saturated carbocycles. The highest BCUT2D eigenvalue weighted by atomic mass is 16.5. The zero-order chi connectivity index (χ0) is 13.2. The molecule has 0 aliphatic carbocycles. The summed E-state index contributed by atoms with van der Waals surface area (Å²) in [5.41, 5.74) is 2.47.